The van der Waals surface area contributed by atoms with Gasteiger partial charge >= 0.3 is 0 Å². The topological polar surface area (TPSA) is 49.4 Å². The average Bonchev–Trinajstić information content (AvgIpc) is 3.19. The van der Waals surface area contributed by atoms with Gasteiger partial charge in [-0.25, -0.2) is 0 Å². The van der Waals surface area contributed by atoms with Crippen LogP contribution in [0, 0.1) is 11.8 Å². The first-order valence-electron chi connectivity index (χ1n) is 7.56. The van der Waals surface area contributed by atoms with Gasteiger partial charge in [0.15, 0.2) is 0 Å². The number of hydrogen-bond acceptors (Lipinski definition) is 2. The summed E-state index contributed by atoms with van der Waals surface area (Å²) in [6, 6.07) is -0.280. The van der Waals surface area contributed by atoms with Crippen LogP contribution in [-0.2, 0) is 9.59 Å². The maximum absolute atomic E-state index is 12.7. The second-order valence-corrected chi connectivity index (χ2v) is 6.41. The molecule has 2 fully saturated rings. The first-order chi connectivity index (χ1) is 8.92. The van der Waals surface area contributed by atoms with E-state index < -0.39 is 5.54 Å². The van der Waals surface area contributed by atoms with Crippen molar-refractivity contribution < 1.29 is 9.59 Å². The van der Waals surface area contributed by atoms with Crippen LogP contribution in [0.2, 0.25) is 0 Å². The highest BCUT2D eigenvalue weighted by atomic mass is 16.2. The minimum Gasteiger partial charge on any atom is -0.340 e. The van der Waals surface area contributed by atoms with E-state index in [1.807, 2.05) is 18.7 Å². The lowest BCUT2D eigenvalue weighted by Gasteiger charge is -2.46. The molecule has 2 rings (SSSR count). The van der Waals surface area contributed by atoms with Crippen LogP contribution in [-0.4, -0.2) is 34.8 Å². The third-order valence-electron chi connectivity index (χ3n) is 4.78. The molecular weight excluding hydrogens is 240 g/mol. The molecular formula is C15H26N2O2. The fourth-order valence-electron chi connectivity index (χ4n) is 2.79. The van der Waals surface area contributed by atoms with E-state index in [1.54, 1.807) is 0 Å². The third-order valence-corrected chi connectivity index (χ3v) is 4.78. The first kappa shape index (κ1) is 14.4. The maximum Gasteiger partial charge on any atom is 0.248 e. The SMILES string of the molecule is CCC(C)C1C(=O)NC(C)(CC)C(=O)N1CC1CC1. The zero-order valence-corrected chi connectivity index (χ0v) is 12.5. The molecule has 1 aliphatic heterocycles. The normalized spacial score (nSPS) is 33.3. The molecule has 3 atom stereocenters. The van der Waals surface area contributed by atoms with Crippen LogP contribution in [0.4, 0.5) is 0 Å². The standard InChI is InChI=1S/C15H26N2O2/c1-5-10(3)12-13(18)16-15(4,6-2)14(19)17(12)9-11-7-8-11/h10-12H,5-9H2,1-4H3,(H,16,18). The summed E-state index contributed by atoms with van der Waals surface area (Å²) >= 11 is 0. The first-order valence-corrected chi connectivity index (χ1v) is 7.56. The molecule has 1 saturated carbocycles. The van der Waals surface area contributed by atoms with Gasteiger partial charge in [-0.3, -0.25) is 9.59 Å². The largest absolute Gasteiger partial charge is 0.340 e. The third kappa shape index (κ3) is 2.63. The van der Waals surface area contributed by atoms with E-state index in [0.717, 1.165) is 13.0 Å². The highest BCUT2D eigenvalue weighted by Gasteiger charge is 2.49. The van der Waals surface area contributed by atoms with Crippen molar-refractivity contribution in [3.8, 4) is 0 Å². The Morgan fingerprint density at radius 2 is 2.00 bits per heavy atom. The molecule has 19 heavy (non-hydrogen) atoms. The summed E-state index contributed by atoms with van der Waals surface area (Å²) in [6.45, 7) is 8.70. The Hall–Kier alpha value is -1.06. The Kier molecular flexibility index (Phi) is 3.88. The van der Waals surface area contributed by atoms with Crippen LogP contribution in [0.25, 0.3) is 0 Å². The zero-order valence-electron chi connectivity index (χ0n) is 12.5. The average molecular weight is 266 g/mol. The molecule has 0 bridgehead atoms. The van der Waals surface area contributed by atoms with E-state index in [-0.39, 0.29) is 23.8 Å². The lowest BCUT2D eigenvalue weighted by molar-refractivity contribution is -0.156. The predicted octanol–water partition coefficient (Wildman–Crippen LogP) is 1.94. The van der Waals surface area contributed by atoms with Crippen molar-refractivity contribution in [3.05, 3.63) is 0 Å². The summed E-state index contributed by atoms with van der Waals surface area (Å²) in [5.41, 5.74) is -0.712. The number of amides is 2. The smallest absolute Gasteiger partial charge is 0.248 e. The molecule has 1 saturated heterocycles. The highest BCUT2D eigenvalue weighted by Crippen LogP contribution is 2.34. The minimum atomic E-state index is -0.712. The predicted molar refractivity (Wildman–Crippen MR) is 74.5 cm³/mol. The van der Waals surface area contributed by atoms with Gasteiger partial charge in [0.05, 0.1) is 0 Å². The summed E-state index contributed by atoms with van der Waals surface area (Å²) in [4.78, 5) is 27.0. The van der Waals surface area contributed by atoms with Crippen molar-refractivity contribution in [1.82, 2.24) is 10.2 Å². The van der Waals surface area contributed by atoms with E-state index in [0.29, 0.717) is 12.3 Å². The van der Waals surface area contributed by atoms with E-state index >= 15 is 0 Å². The number of nitrogens with zero attached hydrogens (tertiary/aromatic N) is 1. The molecule has 1 heterocycles. The quantitative estimate of drug-likeness (QED) is 0.826. The lowest BCUT2D eigenvalue weighted by Crippen LogP contribution is -2.70. The molecule has 0 aromatic rings. The summed E-state index contributed by atoms with van der Waals surface area (Å²) in [6.07, 6.45) is 3.95. The van der Waals surface area contributed by atoms with Crippen molar-refractivity contribution in [2.24, 2.45) is 11.8 Å². The van der Waals surface area contributed by atoms with Gasteiger partial charge in [-0.1, -0.05) is 27.2 Å². The van der Waals surface area contributed by atoms with Gasteiger partial charge in [0, 0.05) is 6.54 Å². The number of hydrogen-bond donors (Lipinski definition) is 1. The molecule has 0 aromatic carbocycles. The number of carbonyl (C=O) groups is 2. The van der Waals surface area contributed by atoms with Gasteiger partial charge in [-0.05, 0) is 38.0 Å². The van der Waals surface area contributed by atoms with Crippen molar-refractivity contribution in [2.45, 2.75) is 65.0 Å². The Labute approximate surface area is 115 Å². The Morgan fingerprint density at radius 3 is 2.47 bits per heavy atom. The van der Waals surface area contributed by atoms with Crippen LogP contribution in [0.15, 0.2) is 0 Å². The van der Waals surface area contributed by atoms with E-state index in [4.69, 9.17) is 0 Å². The number of nitrogens with one attached hydrogen (secondary N) is 1. The number of piperazine rings is 1. The lowest BCUT2D eigenvalue weighted by atomic mass is 9.86. The molecule has 108 valence electrons. The van der Waals surface area contributed by atoms with Crippen LogP contribution < -0.4 is 5.32 Å². The number of rotatable bonds is 5. The van der Waals surface area contributed by atoms with Gasteiger partial charge in [-0.2, -0.15) is 0 Å². The number of carbonyl (C=O) groups excluding carboxylic acids is 2. The van der Waals surface area contributed by atoms with Gasteiger partial charge in [0.1, 0.15) is 11.6 Å². The highest BCUT2D eigenvalue weighted by molar-refractivity contribution is 5.99. The molecule has 0 aromatic heterocycles. The Morgan fingerprint density at radius 1 is 1.37 bits per heavy atom. The molecule has 0 spiro atoms. The molecule has 2 aliphatic rings. The summed E-state index contributed by atoms with van der Waals surface area (Å²) < 4.78 is 0. The van der Waals surface area contributed by atoms with Gasteiger partial charge in [-0.15, -0.1) is 0 Å². The Balaban J connectivity index is 2.26. The second kappa shape index (κ2) is 5.14. The molecule has 4 heteroatoms. The maximum atomic E-state index is 12.7. The van der Waals surface area contributed by atoms with E-state index in [2.05, 4.69) is 19.2 Å². The zero-order chi connectivity index (χ0) is 14.2. The van der Waals surface area contributed by atoms with Crippen LogP contribution in [0.5, 0.6) is 0 Å². The van der Waals surface area contributed by atoms with Crippen molar-refractivity contribution in [3.63, 3.8) is 0 Å². The fraction of sp³-hybridized carbons (Fsp3) is 0.867. The van der Waals surface area contributed by atoms with Crippen molar-refractivity contribution in [1.29, 1.82) is 0 Å². The van der Waals surface area contributed by atoms with Crippen LogP contribution >= 0.6 is 0 Å². The molecule has 0 radical (unpaired) electrons. The minimum absolute atomic E-state index is 0.0268. The summed E-state index contributed by atoms with van der Waals surface area (Å²) in [7, 11) is 0. The molecule has 2 amide bonds. The monoisotopic (exact) mass is 266 g/mol. The van der Waals surface area contributed by atoms with Gasteiger partial charge < -0.3 is 10.2 Å². The molecule has 4 nitrogen and oxygen atoms in total. The molecule has 1 N–H and O–H groups in total. The molecule has 1 aliphatic carbocycles. The van der Waals surface area contributed by atoms with E-state index in [1.165, 1.54) is 12.8 Å². The summed E-state index contributed by atoms with van der Waals surface area (Å²) in [5.74, 6) is 0.956. The van der Waals surface area contributed by atoms with Gasteiger partial charge in [0.2, 0.25) is 11.8 Å². The van der Waals surface area contributed by atoms with Crippen molar-refractivity contribution in [2.75, 3.05) is 6.54 Å². The molecule has 3 unspecified atom stereocenters. The van der Waals surface area contributed by atoms with Crippen molar-refractivity contribution >= 4 is 11.8 Å². The van der Waals surface area contributed by atoms with Gasteiger partial charge in [0.25, 0.3) is 0 Å². The fourth-order valence-corrected chi connectivity index (χ4v) is 2.79. The van der Waals surface area contributed by atoms with Crippen LogP contribution in [0.1, 0.15) is 53.4 Å². The second-order valence-electron chi connectivity index (χ2n) is 6.41. The van der Waals surface area contributed by atoms with Crippen LogP contribution in [0.3, 0.4) is 0 Å². The Bertz CT molecular complexity index is 378. The van der Waals surface area contributed by atoms with E-state index in [9.17, 15) is 9.59 Å². The summed E-state index contributed by atoms with van der Waals surface area (Å²) in [5, 5.41) is 2.95.